The van der Waals surface area contributed by atoms with Crippen LogP contribution in [-0.4, -0.2) is 38.9 Å². The number of benzene rings is 1. The average molecular weight is 331 g/mol. The highest BCUT2D eigenvalue weighted by atomic mass is 35.5. The topological polar surface area (TPSA) is 51.0 Å². The van der Waals surface area contributed by atoms with Gasteiger partial charge in [0.2, 0.25) is 5.91 Å². The van der Waals surface area contributed by atoms with Crippen LogP contribution in [0.4, 0.5) is 0 Å². The Morgan fingerprint density at radius 1 is 1.26 bits per heavy atom. The molecule has 0 N–H and O–H groups in total. The number of amides is 1. The Morgan fingerprint density at radius 2 is 2.09 bits per heavy atom. The summed E-state index contributed by atoms with van der Waals surface area (Å²) >= 11 is 6.14. The Kier molecular flexibility index (Phi) is 3.81. The van der Waals surface area contributed by atoms with Crippen LogP contribution in [0.3, 0.4) is 0 Å². The van der Waals surface area contributed by atoms with E-state index in [1.54, 1.807) is 0 Å². The molecule has 0 bridgehead atoms. The molecule has 1 aliphatic heterocycles. The normalized spacial score (nSPS) is 20.9. The van der Waals surface area contributed by atoms with Crippen LogP contribution in [0.15, 0.2) is 30.5 Å². The van der Waals surface area contributed by atoms with Crippen LogP contribution in [0.2, 0.25) is 5.02 Å². The van der Waals surface area contributed by atoms with Gasteiger partial charge in [0.25, 0.3) is 0 Å². The van der Waals surface area contributed by atoms with Crippen LogP contribution in [0.1, 0.15) is 42.5 Å². The van der Waals surface area contributed by atoms with Gasteiger partial charge < -0.3 is 4.90 Å². The lowest BCUT2D eigenvalue weighted by atomic mass is 10.1. The van der Waals surface area contributed by atoms with Gasteiger partial charge in [-0.15, -0.1) is 5.10 Å². The first-order chi connectivity index (χ1) is 11.2. The fraction of sp³-hybridized carbons (Fsp3) is 0.471. The van der Waals surface area contributed by atoms with E-state index in [1.807, 2.05) is 33.8 Å². The highest BCUT2D eigenvalue weighted by molar-refractivity contribution is 6.31. The molecule has 1 unspecified atom stereocenters. The van der Waals surface area contributed by atoms with Crippen LogP contribution in [0.5, 0.6) is 0 Å². The zero-order chi connectivity index (χ0) is 15.8. The predicted octanol–water partition coefficient (Wildman–Crippen LogP) is 2.83. The van der Waals surface area contributed by atoms with E-state index in [9.17, 15) is 4.79 Å². The molecule has 120 valence electrons. The summed E-state index contributed by atoms with van der Waals surface area (Å²) in [5, 5.41) is 9.18. The lowest BCUT2D eigenvalue weighted by molar-refractivity contribution is -0.129. The summed E-state index contributed by atoms with van der Waals surface area (Å²) in [4.78, 5) is 14.4. The highest BCUT2D eigenvalue weighted by Gasteiger charge is 2.31. The van der Waals surface area contributed by atoms with Gasteiger partial charge in [0.15, 0.2) is 0 Å². The Hall–Kier alpha value is -1.88. The molecular weight excluding hydrogens is 312 g/mol. The molecule has 2 fully saturated rings. The van der Waals surface area contributed by atoms with Crippen LogP contribution in [0.25, 0.3) is 0 Å². The summed E-state index contributed by atoms with van der Waals surface area (Å²) < 4.78 is 1.94. The van der Waals surface area contributed by atoms with Crippen molar-refractivity contribution in [3.8, 4) is 0 Å². The van der Waals surface area contributed by atoms with Crippen molar-refractivity contribution in [2.24, 2.45) is 0 Å². The van der Waals surface area contributed by atoms with E-state index >= 15 is 0 Å². The summed E-state index contributed by atoms with van der Waals surface area (Å²) in [5.74, 6) is 0.742. The molecule has 2 aliphatic rings. The van der Waals surface area contributed by atoms with Crippen molar-refractivity contribution < 1.29 is 4.79 Å². The second kappa shape index (κ2) is 5.96. The summed E-state index contributed by atoms with van der Waals surface area (Å²) in [6.45, 7) is 1.48. The number of carbonyl (C=O) groups excluding carboxylic acids is 1. The van der Waals surface area contributed by atoms with Gasteiger partial charge in [-0.25, -0.2) is 4.68 Å². The number of halogens is 1. The van der Waals surface area contributed by atoms with Crippen LogP contribution in [0, 0.1) is 0 Å². The largest absolute Gasteiger partial charge is 0.340 e. The van der Waals surface area contributed by atoms with E-state index in [2.05, 4.69) is 16.5 Å². The molecule has 1 aliphatic carbocycles. The minimum Gasteiger partial charge on any atom is -0.340 e. The molecule has 5 nitrogen and oxygen atoms in total. The fourth-order valence-corrected chi connectivity index (χ4v) is 3.34. The lowest BCUT2D eigenvalue weighted by Crippen LogP contribution is -2.30. The number of hydrogen-bond donors (Lipinski definition) is 0. The summed E-state index contributed by atoms with van der Waals surface area (Å²) in [7, 11) is 0. The van der Waals surface area contributed by atoms with E-state index < -0.39 is 0 Å². The minimum absolute atomic E-state index is 0.128. The van der Waals surface area contributed by atoms with Crippen LogP contribution in [-0.2, 0) is 11.2 Å². The maximum atomic E-state index is 12.5. The summed E-state index contributed by atoms with van der Waals surface area (Å²) in [5.41, 5.74) is 1.99. The fourth-order valence-electron chi connectivity index (χ4n) is 3.14. The molecule has 2 heterocycles. The number of carbonyl (C=O) groups is 1. The number of nitrogens with zero attached hydrogens (tertiary/aromatic N) is 4. The quantitative estimate of drug-likeness (QED) is 0.866. The highest BCUT2D eigenvalue weighted by Crippen LogP contribution is 2.39. The SMILES string of the molecule is O=C(Cc1ccccc1Cl)N1CCC(n2cc(C3CC3)nn2)C1. The Balaban J connectivity index is 1.39. The van der Waals surface area contributed by atoms with E-state index in [4.69, 9.17) is 11.6 Å². The van der Waals surface area contributed by atoms with Gasteiger partial charge in [-0.05, 0) is 30.9 Å². The standard InChI is InChI=1S/C17H19ClN4O/c18-15-4-2-1-3-13(15)9-17(23)21-8-7-14(10-21)22-11-16(19-20-22)12-5-6-12/h1-4,11-12,14H,5-10H2. The van der Waals surface area contributed by atoms with Crippen molar-refractivity contribution in [3.63, 3.8) is 0 Å². The lowest BCUT2D eigenvalue weighted by Gasteiger charge is -2.17. The first-order valence-electron chi connectivity index (χ1n) is 8.13. The van der Waals surface area contributed by atoms with Crippen molar-refractivity contribution >= 4 is 17.5 Å². The Morgan fingerprint density at radius 3 is 2.87 bits per heavy atom. The van der Waals surface area contributed by atoms with Gasteiger partial charge in [-0.1, -0.05) is 35.0 Å². The predicted molar refractivity (Wildman–Crippen MR) is 87.4 cm³/mol. The van der Waals surface area contributed by atoms with Gasteiger partial charge in [0.05, 0.1) is 18.2 Å². The van der Waals surface area contributed by atoms with Crippen molar-refractivity contribution in [2.75, 3.05) is 13.1 Å². The summed E-state index contributed by atoms with van der Waals surface area (Å²) in [6, 6.07) is 7.77. The van der Waals surface area contributed by atoms with Gasteiger partial charge in [-0.3, -0.25) is 4.79 Å². The molecule has 1 aromatic heterocycles. The van der Waals surface area contributed by atoms with Gasteiger partial charge in [0.1, 0.15) is 0 Å². The number of aromatic nitrogens is 3. The number of likely N-dealkylation sites (tertiary alicyclic amines) is 1. The Labute approximate surface area is 140 Å². The van der Waals surface area contributed by atoms with E-state index in [0.29, 0.717) is 23.9 Å². The number of hydrogen-bond acceptors (Lipinski definition) is 3. The molecule has 1 amide bonds. The smallest absolute Gasteiger partial charge is 0.227 e. The third-order valence-electron chi connectivity index (χ3n) is 4.71. The molecular formula is C17H19ClN4O. The molecule has 1 aromatic carbocycles. The molecule has 0 spiro atoms. The third kappa shape index (κ3) is 3.11. The first-order valence-corrected chi connectivity index (χ1v) is 8.51. The summed E-state index contributed by atoms with van der Waals surface area (Å²) in [6.07, 6.45) is 5.81. The van der Waals surface area contributed by atoms with Gasteiger partial charge >= 0.3 is 0 Å². The third-order valence-corrected chi connectivity index (χ3v) is 5.08. The average Bonchev–Trinajstić information content (AvgIpc) is 3.09. The maximum absolute atomic E-state index is 12.5. The van der Waals surface area contributed by atoms with Crippen molar-refractivity contribution in [1.82, 2.24) is 19.9 Å². The second-order valence-corrected chi connectivity index (χ2v) is 6.86. The molecule has 23 heavy (non-hydrogen) atoms. The van der Waals surface area contributed by atoms with Crippen molar-refractivity contribution in [3.05, 3.63) is 46.7 Å². The van der Waals surface area contributed by atoms with Crippen molar-refractivity contribution in [2.45, 2.75) is 37.6 Å². The first kappa shape index (κ1) is 14.7. The molecule has 4 rings (SSSR count). The second-order valence-electron chi connectivity index (χ2n) is 6.45. The van der Waals surface area contributed by atoms with Crippen molar-refractivity contribution in [1.29, 1.82) is 0 Å². The molecule has 0 radical (unpaired) electrons. The monoisotopic (exact) mass is 330 g/mol. The molecule has 1 atom stereocenters. The Bertz CT molecular complexity index is 725. The van der Waals surface area contributed by atoms with Crippen LogP contribution >= 0.6 is 11.6 Å². The minimum atomic E-state index is 0.128. The van der Waals surface area contributed by atoms with Gasteiger partial charge in [0, 0.05) is 30.2 Å². The molecule has 1 saturated heterocycles. The molecule has 6 heteroatoms. The van der Waals surface area contributed by atoms with Gasteiger partial charge in [-0.2, -0.15) is 0 Å². The van der Waals surface area contributed by atoms with E-state index in [1.165, 1.54) is 12.8 Å². The number of rotatable bonds is 4. The zero-order valence-electron chi connectivity index (χ0n) is 12.9. The molecule has 2 aromatic rings. The molecule has 1 saturated carbocycles. The van der Waals surface area contributed by atoms with E-state index in [-0.39, 0.29) is 11.9 Å². The van der Waals surface area contributed by atoms with Crippen LogP contribution < -0.4 is 0 Å². The zero-order valence-corrected chi connectivity index (χ0v) is 13.6. The maximum Gasteiger partial charge on any atom is 0.227 e. The van der Waals surface area contributed by atoms with E-state index in [0.717, 1.165) is 24.2 Å².